The third-order valence-electron chi connectivity index (χ3n) is 2.06. The summed E-state index contributed by atoms with van der Waals surface area (Å²) < 4.78 is 10.4. The molecule has 1 heterocycles. The van der Waals surface area contributed by atoms with E-state index < -0.39 is 0 Å². The second-order valence-electron chi connectivity index (χ2n) is 3.14. The van der Waals surface area contributed by atoms with Crippen molar-refractivity contribution in [2.24, 2.45) is 0 Å². The Bertz CT molecular complexity index is 324. The highest BCUT2D eigenvalue weighted by atomic mass is 79.9. The first-order valence-electron chi connectivity index (χ1n) is 4.71. The number of hydrogen-bond acceptors (Lipinski definition) is 3. The summed E-state index contributed by atoms with van der Waals surface area (Å²) in [6, 6.07) is 1.66. The van der Waals surface area contributed by atoms with Crippen LogP contribution in [0.2, 0.25) is 0 Å². The molecule has 4 nitrogen and oxygen atoms in total. The molecule has 0 bridgehead atoms. The molecule has 84 valence electrons. The van der Waals surface area contributed by atoms with Gasteiger partial charge in [-0.25, -0.2) is 0 Å². The number of rotatable bonds is 5. The molecule has 1 N–H and O–H groups in total. The molecule has 0 saturated heterocycles. The van der Waals surface area contributed by atoms with E-state index in [1.165, 1.54) is 6.26 Å². The Labute approximate surface area is 97.1 Å². The average Bonchev–Trinajstić information content (AvgIpc) is 2.63. The molecule has 0 aliphatic carbocycles. The van der Waals surface area contributed by atoms with Crippen LogP contribution in [0.3, 0.4) is 0 Å². The second kappa shape index (κ2) is 5.92. The fourth-order valence-corrected chi connectivity index (χ4v) is 1.60. The van der Waals surface area contributed by atoms with E-state index in [-0.39, 0.29) is 11.9 Å². The summed E-state index contributed by atoms with van der Waals surface area (Å²) >= 11 is 3.16. The van der Waals surface area contributed by atoms with Gasteiger partial charge in [0.15, 0.2) is 4.67 Å². The first-order valence-corrected chi connectivity index (χ1v) is 5.51. The molecule has 0 spiro atoms. The van der Waals surface area contributed by atoms with Crippen molar-refractivity contribution in [3.05, 3.63) is 22.6 Å². The summed E-state index contributed by atoms with van der Waals surface area (Å²) in [5.74, 6) is -0.153. The van der Waals surface area contributed by atoms with Crippen LogP contribution >= 0.6 is 15.9 Å². The number of carbonyl (C=O) groups excluding carboxylic acids is 1. The monoisotopic (exact) mass is 275 g/mol. The molecule has 1 aromatic heterocycles. The van der Waals surface area contributed by atoms with E-state index in [9.17, 15) is 4.79 Å². The largest absolute Gasteiger partial charge is 0.457 e. The first kappa shape index (κ1) is 12.3. The lowest BCUT2D eigenvalue weighted by Gasteiger charge is -2.15. The van der Waals surface area contributed by atoms with E-state index in [4.69, 9.17) is 9.15 Å². The molecule has 0 aliphatic heterocycles. The van der Waals surface area contributed by atoms with Crippen molar-refractivity contribution in [1.82, 2.24) is 5.32 Å². The number of amides is 1. The Morgan fingerprint density at radius 3 is 2.93 bits per heavy atom. The number of furan rings is 1. The summed E-state index contributed by atoms with van der Waals surface area (Å²) in [6.07, 6.45) is 2.30. The molecule has 1 atom stereocenters. The zero-order valence-corrected chi connectivity index (χ0v) is 10.3. The average molecular weight is 276 g/mol. The highest BCUT2D eigenvalue weighted by molar-refractivity contribution is 9.10. The third-order valence-corrected chi connectivity index (χ3v) is 2.67. The molecule has 0 aliphatic rings. The Balaban J connectivity index is 2.58. The predicted octanol–water partition coefficient (Wildman–Crippen LogP) is 2.20. The van der Waals surface area contributed by atoms with Crippen molar-refractivity contribution in [1.29, 1.82) is 0 Å². The minimum absolute atomic E-state index is 0.0318. The molecule has 1 unspecified atom stereocenters. The number of nitrogens with one attached hydrogen (secondary N) is 1. The van der Waals surface area contributed by atoms with Gasteiger partial charge in [0.2, 0.25) is 0 Å². The molecule has 5 heteroatoms. The topological polar surface area (TPSA) is 51.5 Å². The highest BCUT2D eigenvalue weighted by Gasteiger charge is 2.15. The Hall–Kier alpha value is -0.810. The molecule has 1 amide bonds. The Kier molecular flexibility index (Phi) is 4.84. The number of hydrogen-bond donors (Lipinski definition) is 1. The van der Waals surface area contributed by atoms with Gasteiger partial charge in [0.05, 0.1) is 24.5 Å². The van der Waals surface area contributed by atoms with Gasteiger partial charge >= 0.3 is 0 Å². The first-order chi connectivity index (χ1) is 7.19. The second-order valence-corrected chi connectivity index (χ2v) is 3.86. The smallest absolute Gasteiger partial charge is 0.256 e. The van der Waals surface area contributed by atoms with E-state index in [1.807, 2.05) is 6.92 Å². The Morgan fingerprint density at radius 2 is 2.47 bits per heavy atom. The lowest BCUT2D eigenvalue weighted by molar-refractivity contribution is 0.0893. The van der Waals surface area contributed by atoms with E-state index in [0.29, 0.717) is 16.8 Å². The molecule has 0 saturated carbocycles. The van der Waals surface area contributed by atoms with Gasteiger partial charge in [-0.2, -0.15) is 0 Å². The van der Waals surface area contributed by atoms with Gasteiger partial charge in [-0.05, 0) is 28.4 Å². The molecule has 1 rings (SSSR count). The highest BCUT2D eigenvalue weighted by Crippen LogP contribution is 2.17. The molecule has 0 aromatic carbocycles. The van der Waals surface area contributed by atoms with Gasteiger partial charge in [-0.1, -0.05) is 6.92 Å². The van der Waals surface area contributed by atoms with Crippen molar-refractivity contribution in [2.75, 3.05) is 13.7 Å². The van der Waals surface area contributed by atoms with Crippen molar-refractivity contribution in [2.45, 2.75) is 19.4 Å². The lowest BCUT2D eigenvalue weighted by atomic mass is 10.2. The number of methoxy groups -OCH3 is 1. The van der Waals surface area contributed by atoms with E-state index in [1.54, 1.807) is 13.2 Å². The molecular weight excluding hydrogens is 262 g/mol. The number of ether oxygens (including phenoxy) is 1. The Morgan fingerprint density at radius 1 is 1.73 bits per heavy atom. The van der Waals surface area contributed by atoms with Crippen LogP contribution in [0.25, 0.3) is 0 Å². The van der Waals surface area contributed by atoms with Crippen LogP contribution in [-0.4, -0.2) is 25.7 Å². The third kappa shape index (κ3) is 3.35. The standard InChI is InChI=1S/C10H14BrNO3/c1-3-7(6-14-2)12-10(13)8-4-5-15-9(8)11/h4-5,7H,3,6H2,1-2H3,(H,12,13). The lowest BCUT2D eigenvalue weighted by Crippen LogP contribution is -2.37. The maximum atomic E-state index is 11.7. The molecule has 1 aromatic rings. The van der Waals surface area contributed by atoms with Gasteiger partial charge in [-0.3, -0.25) is 4.79 Å². The van der Waals surface area contributed by atoms with Crippen LogP contribution in [0.4, 0.5) is 0 Å². The zero-order valence-electron chi connectivity index (χ0n) is 8.75. The molecular formula is C10H14BrNO3. The minimum atomic E-state index is -0.153. The fourth-order valence-electron chi connectivity index (χ4n) is 1.18. The predicted molar refractivity (Wildman–Crippen MR) is 59.8 cm³/mol. The van der Waals surface area contributed by atoms with Crippen LogP contribution in [0.1, 0.15) is 23.7 Å². The molecule has 0 radical (unpaired) electrons. The summed E-state index contributed by atoms with van der Waals surface area (Å²) in [5.41, 5.74) is 0.504. The maximum Gasteiger partial charge on any atom is 0.256 e. The molecule has 0 fully saturated rings. The van der Waals surface area contributed by atoms with Gasteiger partial charge in [-0.15, -0.1) is 0 Å². The van der Waals surface area contributed by atoms with Gasteiger partial charge in [0.25, 0.3) is 5.91 Å². The normalized spacial score (nSPS) is 12.5. The SMILES string of the molecule is CCC(COC)NC(=O)c1ccoc1Br. The fraction of sp³-hybridized carbons (Fsp3) is 0.500. The van der Waals surface area contributed by atoms with Crippen molar-refractivity contribution < 1.29 is 13.9 Å². The summed E-state index contributed by atoms with van der Waals surface area (Å²) in [5, 5.41) is 2.86. The van der Waals surface area contributed by atoms with E-state index in [0.717, 1.165) is 6.42 Å². The van der Waals surface area contributed by atoms with Gasteiger partial charge in [0.1, 0.15) is 0 Å². The molecule has 15 heavy (non-hydrogen) atoms. The van der Waals surface area contributed by atoms with Crippen LogP contribution in [0.15, 0.2) is 21.4 Å². The van der Waals surface area contributed by atoms with Crippen molar-refractivity contribution in [3.8, 4) is 0 Å². The number of halogens is 1. The van der Waals surface area contributed by atoms with Gasteiger partial charge in [0, 0.05) is 7.11 Å². The van der Waals surface area contributed by atoms with Crippen LogP contribution in [0, 0.1) is 0 Å². The van der Waals surface area contributed by atoms with Gasteiger partial charge < -0.3 is 14.5 Å². The summed E-state index contributed by atoms with van der Waals surface area (Å²) in [7, 11) is 1.61. The number of carbonyl (C=O) groups is 1. The van der Waals surface area contributed by atoms with E-state index >= 15 is 0 Å². The summed E-state index contributed by atoms with van der Waals surface area (Å²) in [4.78, 5) is 11.7. The summed E-state index contributed by atoms with van der Waals surface area (Å²) in [6.45, 7) is 2.51. The maximum absolute atomic E-state index is 11.7. The van der Waals surface area contributed by atoms with Crippen LogP contribution in [0.5, 0.6) is 0 Å². The quantitative estimate of drug-likeness (QED) is 0.896. The van der Waals surface area contributed by atoms with Crippen LogP contribution < -0.4 is 5.32 Å². The van der Waals surface area contributed by atoms with Crippen LogP contribution in [-0.2, 0) is 4.74 Å². The van der Waals surface area contributed by atoms with Crippen molar-refractivity contribution in [3.63, 3.8) is 0 Å². The minimum Gasteiger partial charge on any atom is -0.457 e. The van der Waals surface area contributed by atoms with E-state index in [2.05, 4.69) is 21.2 Å². The van der Waals surface area contributed by atoms with Crippen molar-refractivity contribution >= 4 is 21.8 Å². The zero-order chi connectivity index (χ0) is 11.3.